The second kappa shape index (κ2) is 7.26. The van der Waals surface area contributed by atoms with Crippen LogP contribution in [0.4, 0.5) is 0 Å². The van der Waals surface area contributed by atoms with E-state index in [1.54, 1.807) is 0 Å². The smallest absolute Gasteiger partial charge is 0.140 e. The summed E-state index contributed by atoms with van der Waals surface area (Å²) in [6.07, 6.45) is 5.10. The molecule has 0 fully saturated rings. The fourth-order valence-electron chi connectivity index (χ4n) is 2.25. The normalized spacial score (nSPS) is 11.3. The monoisotopic (exact) mass is 261 g/mol. The molecule has 0 saturated heterocycles. The zero-order chi connectivity index (χ0) is 13.5. The van der Waals surface area contributed by atoms with Crippen LogP contribution < -0.4 is 5.32 Å². The summed E-state index contributed by atoms with van der Waals surface area (Å²) in [5.41, 5.74) is 2.40. The second-order valence-corrected chi connectivity index (χ2v) is 4.55. The van der Waals surface area contributed by atoms with Gasteiger partial charge in [0.2, 0.25) is 0 Å². The first-order valence-corrected chi connectivity index (χ1v) is 7.08. The van der Waals surface area contributed by atoms with Crippen LogP contribution in [0.1, 0.15) is 25.8 Å². The largest absolute Gasteiger partial charge is 0.382 e. The van der Waals surface area contributed by atoms with Crippen LogP contribution in [0.15, 0.2) is 24.5 Å². The van der Waals surface area contributed by atoms with E-state index in [-0.39, 0.29) is 0 Å². The molecule has 19 heavy (non-hydrogen) atoms. The summed E-state index contributed by atoms with van der Waals surface area (Å²) in [4.78, 5) is 4.50. The maximum atomic E-state index is 5.39. The van der Waals surface area contributed by atoms with Gasteiger partial charge in [-0.15, -0.1) is 0 Å². The molecule has 2 heterocycles. The van der Waals surface area contributed by atoms with Gasteiger partial charge in [-0.25, -0.2) is 4.98 Å². The molecule has 0 spiro atoms. The van der Waals surface area contributed by atoms with Crippen LogP contribution in [0.5, 0.6) is 0 Å². The van der Waals surface area contributed by atoms with E-state index in [2.05, 4.69) is 34.1 Å². The van der Waals surface area contributed by atoms with Gasteiger partial charge in [0, 0.05) is 44.1 Å². The van der Waals surface area contributed by atoms with Gasteiger partial charge in [0.15, 0.2) is 0 Å². The number of nitrogens with one attached hydrogen (secondary N) is 1. The SMILES string of the molecule is CCNCc1cn(CCCOCC)c2ncccc12. The Morgan fingerprint density at radius 3 is 3.05 bits per heavy atom. The van der Waals surface area contributed by atoms with Crippen molar-refractivity contribution in [3.05, 3.63) is 30.1 Å². The molecule has 2 rings (SSSR count). The van der Waals surface area contributed by atoms with Crippen molar-refractivity contribution in [3.8, 4) is 0 Å². The lowest BCUT2D eigenvalue weighted by molar-refractivity contribution is 0.142. The molecule has 104 valence electrons. The van der Waals surface area contributed by atoms with Crippen molar-refractivity contribution in [1.82, 2.24) is 14.9 Å². The van der Waals surface area contributed by atoms with E-state index in [1.807, 2.05) is 19.2 Å². The number of nitrogens with zero attached hydrogens (tertiary/aromatic N) is 2. The van der Waals surface area contributed by atoms with Crippen molar-refractivity contribution in [3.63, 3.8) is 0 Å². The fourth-order valence-corrected chi connectivity index (χ4v) is 2.25. The van der Waals surface area contributed by atoms with Crippen LogP contribution in [0.25, 0.3) is 11.0 Å². The average molecular weight is 261 g/mol. The van der Waals surface area contributed by atoms with Crippen molar-refractivity contribution < 1.29 is 4.74 Å². The third-order valence-corrected chi connectivity index (χ3v) is 3.17. The molecule has 2 aromatic heterocycles. The summed E-state index contributed by atoms with van der Waals surface area (Å²) < 4.78 is 7.63. The first kappa shape index (κ1) is 14.0. The zero-order valence-electron chi connectivity index (χ0n) is 11.9. The van der Waals surface area contributed by atoms with E-state index in [9.17, 15) is 0 Å². The Bertz CT molecular complexity index is 507. The summed E-state index contributed by atoms with van der Waals surface area (Å²) in [7, 11) is 0. The predicted molar refractivity (Wildman–Crippen MR) is 78.2 cm³/mol. The molecule has 0 amide bonds. The van der Waals surface area contributed by atoms with Crippen LogP contribution in [-0.2, 0) is 17.8 Å². The van der Waals surface area contributed by atoms with Gasteiger partial charge in [-0.05, 0) is 37.6 Å². The van der Waals surface area contributed by atoms with Gasteiger partial charge in [0.25, 0.3) is 0 Å². The quantitative estimate of drug-likeness (QED) is 0.742. The predicted octanol–water partition coefficient (Wildman–Crippen LogP) is 2.57. The molecule has 0 radical (unpaired) electrons. The number of pyridine rings is 1. The molecular weight excluding hydrogens is 238 g/mol. The molecular formula is C15H23N3O. The van der Waals surface area contributed by atoms with Crippen molar-refractivity contribution in [2.75, 3.05) is 19.8 Å². The van der Waals surface area contributed by atoms with Crippen LogP contribution in [0.3, 0.4) is 0 Å². The van der Waals surface area contributed by atoms with Crippen molar-refractivity contribution in [1.29, 1.82) is 0 Å². The Balaban J connectivity index is 2.13. The van der Waals surface area contributed by atoms with Crippen LogP contribution in [0.2, 0.25) is 0 Å². The third-order valence-electron chi connectivity index (χ3n) is 3.17. The molecule has 0 aliphatic carbocycles. The molecule has 0 unspecified atom stereocenters. The molecule has 0 aromatic carbocycles. The number of hydrogen-bond acceptors (Lipinski definition) is 3. The summed E-state index contributed by atoms with van der Waals surface area (Å²) in [6.45, 7) is 8.59. The number of fused-ring (bicyclic) bond motifs is 1. The lowest BCUT2D eigenvalue weighted by atomic mass is 10.2. The molecule has 2 aromatic rings. The first-order chi connectivity index (χ1) is 9.36. The summed E-state index contributed by atoms with van der Waals surface area (Å²) >= 11 is 0. The minimum atomic E-state index is 0.788. The molecule has 0 aliphatic heterocycles. The van der Waals surface area contributed by atoms with Crippen molar-refractivity contribution in [2.24, 2.45) is 0 Å². The summed E-state index contributed by atoms with van der Waals surface area (Å²) in [5.74, 6) is 0. The lowest BCUT2D eigenvalue weighted by Gasteiger charge is -2.04. The maximum Gasteiger partial charge on any atom is 0.140 e. The van der Waals surface area contributed by atoms with Crippen molar-refractivity contribution >= 4 is 11.0 Å². The number of aromatic nitrogens is 2. The highest BCUT2D eigenvalue weighted by atomic mass is 16.5. The Hall–Kier alpha value is -1.39. The molecule has 0 saturated carbocycles. The lowest BCUT2D eigenvalue weighted by Crippen LogP contribution is -2.11. The van der Waals surface area contributed by atoms with Gasteiger partial charge in [-0.1, -0.05) is 6.92 Å². The standard InChI is InChI=1S/C15H23N3O/c1-3-16-11-13-12-18(9-6-10-19-4-2)15-14(13)7-5-8-17-15/h5,7-8,12,16H,3-4,6,9-11H2,1-2H3. The minimum absolute atomic E-state index is 0.788. The molecule has 4 heteroatoms. The third kappa shape index (κ3) is 3.55. The first-order valence-electron chi connectivity index (χ1n) is 7.08. The van der Waals surface area contributed by atoms with Crippen LogP contribution >= 0.6 is 0 Å². The second-order valence-electron chi connectivity index (χ2n) is 4.55. The number of ether oxygens (including phenoxy) is 1. The van der Waals surface area contributed by atoms with E-state index < -0.39 is 0 Å². The minimum Gasteiger partial charge on any atom is -0.382 e. The summed E-state index contributed by atoms with van der Waals surface area (Å²) in [6, 6.07) is 4.15. The molecule has 4 nitrogen and oxygen atoms in total. The highest BCUT2D eigenvalue weighted by Gasteiger charge is 2.08. The average Bonchev–Trinajstić information content (AvgIpc) is 2.80. The van der Waals surface area contributed by atoms with Crippen LogP contribution in [-0.4, -0.2) is 29.3 Å². The van der Waals surface area contributed by atoms with Crippen LogP contribution in [0, 0.1) is 0 Å². The van der Waals surface area contributed by atoms with E-state index >= 15 is 0 Å². The Morgan fingerprint density at radius 1 is 1.37 bits per heavy atom. The number of hydrogen-bond donors (Lipinski definition) is 1. The van der Waals surface area contributed by atoms with E-state index in [4.69, 9.17) is 4.74 Å². The highest BCUT2D eigenvalue weighted by Crippen LogP contribution is 2.19. The topological polar surface area (TPSA) is 39.1 Å². The van der Waals surface area contributed by atoms with Gasteiger partial charge in [-0.2, -0.15) is 0 Å². The van der Waals surface area contributed by atoms with E-state index in [0.717, 1.165) is 44.9 Å². The Labute approximate surface area is 114 Å². The van der Waals surface area contributed by atoms with Gasteiger partial charge in [0.1, 0.15) is 5.65 Å². The number of aryl methyl sites for hydroxylation is 1. The molecule has 1 N–H and O–H groups in total. The van der Waals surface area contributed by atoms with Crippen molar-refractivity contribution in [2.45, 2.75) is 33.4 Å². The number of rotatable bonds is 8. The van der Waals surface area contributed by atoms with Gasteiger partial charge < -0.3 is 14.6 Å². The highest BCUT2D eigenvalue weighted by molar-refractivity contribution is 5.80. The fraction of sp³-hybridized carbons (Fsp3) is 0.533. The van der Waals surface area contributed by atoms with Gasteiger partial charge >= 0.3 is 0 Å². The van der Waals surface area contributed by atoms with Gasteiger partial charge in [0.05, 0.1) is 0 Å². The molecule has 0 aliphatic rings. The summed E-state index contributed by atoms with van der Waals surface area (Å²) in [5, 5.41) is 4.63. The van der Waals surface area contributed by atoms with E-state index in [0.29, 0.717) is 0 Å². The Morgan fingerprint density at radius 2 is 2.26 bits per heavy atom. The Kier molecular flexibility index (Phi) is 5.36. The van der Waals surface area contributed by atoms with Gasteiger partial charge in [-0.3, -0.25) is 0 Å². The molecule has 0 atom stereocenters. The maximum absolute atomic E-state index is 5.39. The zero-order valence-corrected chi connectivity index (χ0v) is 11.9. The van der Waals surface area contributed by atoms with E-state index in [1.165, 1.54) is 10.9 Å². The molecule has 0 bridgehead atoms.